The second kappa shape index (κ2) is 5.97. The molecule has 1 aliphatic rings. The van der Waals surface area contributed by atoms with E-state index in [9.17, 15) is 8.78 Å². The smallest absolute Gasteiger partial charge is 0.147 e. The van der Waals surface area contributed by atoms with Gasteiger partial charge in [-0.3, -0.25) is 0 Å². The highest BCUT2D eigenvalue weighted by atomic mass is 79.9. The Bertz CT molecular complexity index is 426. The molecule has 0 spiro atoms. The lowest BCUT2D eigenvalue weighted by Crippen LogP contribution is -2.40. The average molecular weight is 319 g/mol. The molecule has 2 nitrogen and oxygen atoms in total. The van der Waals surface area contributed by atoms with Crippen LogP contribution >= 0.6 is 15.9 Å². The number of benzene rings is 1. The van der Waals surface area contributed by atoms with Crippen LogP contribution in [-0.4, -0.2) is 31.1 Å². The lowest BCUT2D eigenvalue weighted by atomic mass is 10.0. The Hall–Kier alpha value is -0.680. The highest BCUT2D eigenvalue weighted by Gasteiger charge is 2.19. The molecule has 100 valence electrons. The number of anilines is 1. The van der Waals surface area contributed by atoms with E-state index in [2.05, 4.69) is 33.2 Å². The van der Waals surface area contributed by atoms with E-state index < -0.39 is 11.6 Å². The highest BCUT2D eigenvalue weighted by Crippen LogP contribution is 2.24. The van der Waals surface area contributed by atoms with Gasteiger partial charge in [0, 0.05) is 18.7 Å². The van der Waals surface area contributed by atoms with Gasteiger partial charge in [0.1, 0.15) is 11.6 Å². The summed E-state index contributed by atoms with van der Waals surface area (Å²) >= 11 is 2.97. The molecule has 0 radical (unpaired) electrons. The van der Waals surface area contributed by atoms with Crippen molar-refractivity contribution in [1.82, 2.24) is 4.90 Å². The molecule has 18 heavy (non-hydrogen) atoms. The van der Waals surface area contributed by atoms with Gasteiger partial charge in [0.15, 0.2) is 0 Å². The van der Waals surface area contributed by atoms with Crippen molar-refractivity contribution >= 4 is 21.6 Å². The minimum absolute atomic E-state index is 0.153. The normalized spacial score (nSPS) is 21.0. The molecule has 0 amide bonds. The second-order valence-electron chi connectivity index (χ2n) is 4.76. The predicted molar refractivity (Wildman–Crippen MR) is 72.8 cm³/mol. The average Bonchev–Trinajstić information content (AvgIpc) is 2.34. The largest absolute Gasteiger partial charge is 0.381 e. The zero-order chi connectivity index (χ0) is 13.1. The van der Waals surface area contributed by atoms with Crippen molar-refractivity contribution in [2.24, 2.45) is 0 Å². The van der Waals surface area contributed by atoms with Crippen LogP contribution in [0.1, 0.15) is 19.3 Å². The molecular weight excluding hydrogens is 302 g/mol. The van der Waals surface area contributed by atoms with Crippen LogP contribution in [0, 0.1) is 11.6 Å². The Morgan fingerprint density at radius 1 is 1.33 bits per heavy atom. The van der Waals surface area contributed by atoms with Gasteiger partial charge in [-0.25, -0.2) is 8.78 Å². The van der Waals surface area contributed by atoms with Crippen molar-refractivity contribution in [3.8, 4) is 0 Å². The summed E-state index contributed by atoms with van der Waals surface area (Å²) in [6.45, 7) is 1.72. The van der Waals surface area contributed by atoms with E-state index in [4.69, 9.17) is 0 Å². The molecule has 1 saturated heterocycles. The molecular formula is C13H17BrF2N2. The molecule has 1 N–H and O–H groups in total. The Morgan fingerprint density at radius 3 is 2.83 bits per heavy atom. The van der Waals surface area contributed by atoms with Gasteiger partial charge in [-0.15, -0.1) is 0 Å². The lowest BCUT2D eigenvalue weighted by Gasteiger charge is -2.32. The number of nitrogens with one attached hydrogen (secondary N) is 1. The third-order valence-electron chi connectivity index (χ3n) is 3.46. The zero-order valence-corrected chi connectivity index (χ0v) is 11.9. The number of hydrogen-bond donors (Lipinski definition) is 1. The van der Waals surface area contributed by atoms with Gasteiger partial charge < -0.3 is 10.2 Å². The van der Waals surface area contributed by atoms with Crippen LogP contribution in [0.4, 0.5) is 14.5 Å². The molecule has 1 heterocycles. The number of nitrogens with zero attached hydrogens (tertiary/aromatic N) is 1. The van der Waals surface area contributed by atoms with Gasteiger partial charge >= 0.3 is 0 Å². The summed E-state index contributed by atoms with van der Waals surface area (Å²) in [5, 5.41) is 3.00. The topological polar surface area (TPSA) is 15.3 Å². The van der Waals surface area contributed by atoms with E-state index in [1.165, 1.54) is 18.9 Å². The molecule has 0 bridgehead atoms. The van der Waals surface area contributed by atoms with Crippen LogP contribution in [0.3, 0.4) is 0 Å². The summed E-state index contributed by atoms with van der Waals surface area (Å²) in [6, 6.07) is 2.75. The Morgan fingerprint density at radius 2 is 2.11 bits per heavy atom. The minimum atomic E-state index is -0.448. The molecule has 5 heteroatoms. The van der Waals surface area contributed by atoms with Gasteiger partial charge in [0.05, 0.1) is 10.2 Å². The number of piperidine rings is 1. The van der Waals surface area contributed by atoms with Gasteiger partial charge in [-0.1, -0.05) is 6.42 Å². The first-order chi connectivity index (χ1) is 8.58. The molecule has 1 aliphatic heterocycles. The van der Waals surface area contributed by atoms with Gasteiger partial charge in [0.25, 0.3) is 0 Å². The number of likely N-dealkylation sites (tertiary alicyclic amines) is 1. The summed E-state index contributed by atoms with van der Waals surface area (Å²) in [6.07, 6.45) is 3.52. The monoisotopic (exact) mass is 318 g/mol. The quantitative estimate of drug-likeness (QED) is 0.856. The maximum Gasteiger partial charge on any atom is 0.147 e. The molecule has 1 atom stereocenters. The first kappa shape index (κ1) is 13.7. The number of halogens is 3. The molecule has 0 aromatic heterocycles. The minimum Gasteiger partial charge on any atom is -0.381 e. The SMILES string of the molecule is CN1CCCCC1CNc1cc(F)c(Br)cc1F. The summed E-state index contributed by atoms with van der Waals surface area (Å²) in [5.41, 5.74) is 0.231. The van der Waals surface area contributed by atoms with Crippen molar-refractivity contribution < 1.29 is 8.78 Å². The Labute approximate surface area is 114 Å². The van der Waals surface area contributed by atoms with E-state index in [-0.39, 0.29) is 10.2 Å². The first-order valence-electron chi connectivity index (χ1n) is 6.16. The third kappa shape index (κ3) is 3.20. The Balaban J connectivity index is 1.99. The molecule has 1 aromatic rings. The van der Waals surface area contributed by atoms with Crippen LogP contribution in [0.15, 0.2) is 16.6 Å². The van der Waals surface area contributed by atoms with E-state index >= 15 is 0 Å². The fraction of sp³-hybridized carbons (Fsp3) is 0.538. The number of likely N-dealkylation sites (N-methyl/N-ethyl adjacent to an activating group) is 1. The molecule has 1 unspecified atom stereocenters. The van der Waals surface area contributed by atoms with E-state index in [0.717, 1.165) is 19.0 Å². The fourth-order valence-corrected chi connectivity index (χ4v) is 2.60. The Kier molecular flexibility index (Phi) is 4.56. The molecule has 0 aliphatic carbocycles. The van der Waals surface area contributed by atoms with Crippen molar-refractivity contribution in [2.45, 2.75) is 25.3 Å². The lowest BCUT2D eigenvalue weighted by molar-refractivity contribution is 0.194. The van der Waals surface area contributed by atoms with Crippen LogP contribution in [0.25, 0.3) is 0 Å². The zero-order valence-electron chi connectivity index (χ0n) is 10.3. The molecule has 1 aromatic carbocycles. The van der Waals surface area contributed by atoms with Crippen LogP contribution in [0.5, 0.6) is 0 Å². The highest BCUT2D eigenvalue weighted by molar-refractivity contribution is 9.10. The summed E-state index contributed by atoms with van der Waals surface area (Å²) in [4.78, 5) is 2.27. The molecule has 1 fully saturated rings. The second-order valence-corrected chi connectivity index (χ2v) is 5.61. The van der Waals surface area contributed by atoms with Crippen molar-refractivity contribution in [3.63, 3.8) is 0 Å². The first-order valence-corrected chi connectivity index (χ1v) is 6.96. The number of rotatable bonds is 3. The van der Waals surface area contributed by atoms with Crippen LogP contribution in [0.2, 0.25) is 0 Å². The van der Waals surface area contributed by atoms with Gasteiger partial charge in [-0.2, -0.15) is 0 Å². The summed E-state index contributed by atoms with van der Waals surface area (Å²) in [7, 11) is 2.07. The van der Waals surface area contributed by atoms with Crippen molar-refractivity contribution in [2.75, 3.05) is 25.5 Å². The van der Waals surface area contributed by atoms with Gasteiger partial charge in [0.2, 0.25) is 0 Å². The van der Waals surface area contributed by atoms with E-state index in [1.807, 2.05) is 0 Å². The predicted octanol–water partition coefficient (Wildman–Crippen LogP) is 3.62. The maximum atomic E-state index is 13.6. The van der Waals surface area contributed by atoms with Crippen molar-refractivity contribution in [1.29, 1.82) is 0 Å². The fourth-order valence-electron chi connectivity index (χ4n) is 2.29. The molecule has 0 saturated carbocycles. The van der Waals surface area contributed by atoms with Crippen LogP contribution < -0.4 is 5.32 Å². The van der Waals surface area contributed by atoms with E-state index in [0.29, 0.717) is 12.6 Å². The van der Waals surface area contributed by atoms with Crippen LogP contribution in [-0.2, 0) is 0 Å². The maximum absolute atomic E-state index is 13.6. The number of hydrogen-bond acceptors (Lipinski definition) is 2. The standard InChI is InChI=1S/C13H17BrF2N2/c1-18-5-3-2-4-9(18)8-17-13-7-11(15)10(14)6-12(13)16/h6-7,9,17H,2-5,8H2,1H3. The van der Waals surface area contributed by atoms with E-state index in [1.54, 1.807) is 0 Å². The summed E-state index contributed by atoms with van der Waals surface area (Å²) < 4.78 is 27.1. The summed E-state index contributed by atoms with van der Waals surface area (Å²) in [5.74, 6) is -0.877. The van der Waals surface area contributed by atoms with Crippen molar-refractivity contribution in [3.05, 3.63) is 28.2 Å². The molecule has 2 rings (SSSR count). The van der Waals surface area contributed by atoms with Gasteiger partial charge in [-0.05, 0) is 48.4 Å². The third-order valence-corrected chi connectivity index (χ3v) is 4.07.